The molecule has 0 saturated heterocycles. The number of carbonyl (C=O) groups excluding carboxylic acids is 2. The molecule has 0 aromatic heterocycles. The summed E-state index contributed by atoms with van der Waals surface area (Å²) in [6.07, 6.45) is 0. The number of aliphatic hydroxyl groups is 1. The Morgan fingerprint density at radius 1 is 1.41 bits per heavy atom. The molecule has 3 amide bonds. The second kappa shape index (κ2) is 8.91. The number of hydrogen-bond donors (Lipinski definition) is 4. The molecule has 7 nitrogen and oxygen atoms in total. The first-order valence-electron chi connectivity index (χ1n) is 5.49. The molecule has 4 N–H and O–H groups in total. The van der Waals surface area contributed by atoms with Crippen molar-refractivity contribution < 1.29 is 19.4 Å². The Bertz CT molecular complexity index is 248. The molecule has 100 valence electrons. The lowest BCUT2D eigenvalue weighted by molar-refractivity contribution is -0.122. The predicted molar refractivity (Wildman–Crippen MR) is 62.6 cm³/mol. The molecule has 0 fully saturated rings. The topological polar surface area (TPSA) is 99.7 Å². The molecule has 0 bridgehead atoms. The van der Waals surface area contributed by atoms with E-state index < -0.39 is 18.0 Å². The van der Waals surface area contributed by atoms with Crippen molar-refractivity contribution in [3.05, 3.63) is 0 Å². The fourth-order valence-corrected chi connectivity index (χ4v) is 1.21. The van der Waals surface area contributed by atoms with Crippen LogP contribution in [0.3, 0.4) is 0 Å². The van der Waals surface area contributed by atoms with Gasteiger partial charge in [0.2, 0.25) is 5.91 Å². The molecule has 0 aromatic carbocycles. The molecule has 0 aliphatic rings. The van der Waals surface area contributed by atoms with Gasteiger partial charge in [0, 0.05) is 13.7 Å². The first kappa shape index (κ1) is 15.8. The molecular formula is C10H21N3O4. The number of rotatable bonds is 7. The monoisotopic (exact) mass is 247 g/mol. The van der Waals surface area contributed by atoms with E-state index in [1.54, 1.807) is 13.8 Å². The summed E-state index contributed by atoms with van der Waals surface area (Å²) in [7, 11) is 1.50. The molecule has 7 heteroatoms. The average Bonchev–Trinajstić information content (AvgIpc) is 2.28. The van der Waals surface area contributed by atoms with Crippen LogP contribution in [0.1, 0.15) is 13.8 Å². The number of urea groups is 1. The van der Waals surface area contributed by atoms with Gasteiger partial charge in [0.1, 0.15) is 0 Å². The van der Waals surface area contributed by atoms with Crippen LogP contribution in [0, 0.1) is 0 Å². The van der Waals surface area contributed by atoms with E-state index in [2.05, 4.69) is 16.0 Å². The van der Waals surface area contributed by atoms with Gasteiger partial charge in [-0.05, 0) is 13.8 Å². The smallest absolute Gasteiger partial charge is 0.321 e. The van der Waals surface area contributed by atoms with Gasteiger partial charge in [-0.15, -0.1) is 0 Å². The number of methoxy groups -OCH3 is 1. The largest absolute Gasteiger partial charge is 0.395 e. The Hall–Kier alpha value is -1.18. The fourth-order valence-electron chi connectivity index (χ4n) is 1.21. The van der Waals surface area contributed by atoms with Crippen LogP contribution in [0.2, 0.25) is 0 Å². The summed E-state index contributed by atoms with van der Waals surface area (Å²) in [6, 6.07) is -1.46. The highest BCUT2D eigenvalue weighted by Crippen LogP contribution is 1.89. The number of nitrogens with one attached hydrogen (secondary N) is 3. The van der Waals surface area contributed by atoms with Crippen LogP contribution in [0.4, 0.5) is 4.79 Å². The molecule has 2 atom stereocenters. The number of amides is 3. The molecular weight excluding hydrogens is 226 g/mol. The van der Waals surface area contributed by atoms with Gasteiger partial charge in [0.15, 0.2) is 0 Å². The first-order valence-corrected chi connectivity index (χ1v) is 5.49. The van der Waals surface area contributed by atoms with Gasteiger partial charge >= 0.3 is 6.03 Å². The quantitative estimate of drug-likeness (QED) is 0.454. The minimum atomic E-state index is -0.593. The predicted octanol–water partition coefficient (Wildman–Crippen LogP) is -1.18. The summed E-state index contributed by atoms with van der Waals surface area (Å²) >= 11 is 0. The Kier molecular flexibility index (Phi) is 8.29. The van der Waals surface area contributed by atoms with Gasteiger partial charge in [-0.3, -0.25) is 15.4 Å². The lowest BCUT2D eigenvalue weighted by atomic mass is 10.2. The molecule has 0 saturated carbocycles. The standard InChI is InChI=1S/C10H21N3O4/c1-4-11-10(16)13-9(15)7(2)12-8(5-14)6-17-3/h7-8,12,14H,4-6H2,1-3H3,(H2,11,13,15,16). The normalized spacial score (nSPS) is 13.9. The highest BCUT2D eigenvalue weighted by molar-refractivity contribution is 5.96. The molecule has 0 rings (SSSR count). The van der Waals surface area contributed by atoms with Gasteiger partial charge in [-0.1, -0.05) is 0 Å². The van der Waals surface area contributed by atoms with Crippen LogP contribution in [-0.4, -0.2) is 56.0 Å². The van der Waals surface area contributed by atoms with Crippen molar-refractivity contribution in [3.8, 4) is 0 Å². The molecule has 0 spiro atoms. The summed E-state index contributed by atoms with van der Waals surface area (Å²) in [5.41, 5.74) is 0. The number of imide groups is 1. The molecule has 0 aliphatic heterocycles. The zero-order valence-electron chi connectivity index (χ0n) is 10.4. The van der Waals surface area contributed by atoms with Gasteiger partial charge in [0.25, 0.3) is 0 Å². The highest BCUT2D eigenvalue weighted by Gasteiger charge is 2.18. The summed E-state index contributed by atoms with van der Waals surface area (Å²) in [5.74, 6) is -0.453. The summed E-state index contributed by atoms with van der Waals surface area (Å²) < 4.78 is 4.86. The first-order chi connectivity index (χ1) is 8.04. The molecule has 0 heterocycles. The Morgan fingerprint density at radius 2 is 2.06 bits per heavy atom. The molecule has 2 unspecified atom stereocenters. The van der Waals surface area contributed by atoms with E-state index in [1.165, 1.54) is 7.11 Å². The van der Waals surface area contributed by atoms with Crippen molar-refractivity contribution >= 4 is 11.9 Å². The third kappa shape index (κ3) is 6.88. The Labute approximate surface area is 101 Å². The van der Waals surface area contributed by atoms with Crippen molar-refractivity contribution in [3.63, 3.8) is 0 Å². The van der Waals surface area contributed by atoms with E-state index in [0.717, 1.165) is 0 Å². The van der Waals surface area contributed by atoms with Crippen LogP contribution in [-0.2, 0) is 9.53 Å². The highest BCUT2D eigenvalue weighted by atomic mass is 16.5. The van der Waals surface area contributed by atoms with E-state index in [1.807, 2.05) is 0 Å². The minimum Gasteiger partial charge on any atom is -0.395 e. The SMILES string of the molecule is CCNC(=O)NC(=O)C(C)NC(CO)COC. The zero-order valence-corrected chi connectivity index (χ0v) is 10.4. The lowest BCUT2D eigenvalue weighted by Crippen LogP contribution is -2.52. The van der Waals surface area contributed by atoms with Crippen molar-refractivity contribution in [2.24, 2.45) is 0 Å². The number of aliphatic hydroxyl groups excluding tert-OH is 1. The molecule has 0 radical (unpaired) electrons. The third-order valence-electron chi connectivity index (χ3n) is 2.04. The summed E-state index contributed by atoms with van der Waals surface area (Å²) in [4.78, 5) is 22.6. The zero-order chi connectivity index (χ0) is 13.3. The lowest BCUT2D eigenvalue weighted by Gasteiger charge is -2.20. The summed E-state index contributed by atoms with van der Waals surface area (Å²) in [5, 5.41) is 16.5. The van der Waals surface area contributed by atoms with Crippen LogP contribution in [0.25, 0.3) is 0 Å². The van der Waals surface area contributed by atoms with Crippen molar-refractivity contribution in [2.45, 2.75) is 25.9 Å². The fraction of sp³-hybridized carbons (Fsp3) is 0.800. The van der Waals surface area contributed by atoms with Crippen LogP contribution in [0.15, 0.2) is 0 Å². The van der Waals surface area contributed by atoms with Crippen molar-refractivity contribution in [2.75, 3.05) is 26.9 Å². The minimum absolute atomic E-state index is 0.146. The molecule has 0 aromatic rings. The maximum absolute atomic E-state index is 11.5. The van der Waals surface area contributed by atoms with Crippen molar-refractivity contribution in [1.29, 1.82) is 0 Å². The van der Waals surface area contributed by atoms with Gasteiger partial charge in [-0.2, -0.15) is 0 Å². The second-order valence-electron chi connectivity index (χ2n) is 3.57. The van der Waals surface area contributed by atoms with E-state index in [-0.39, 0.29) is 19.3 Å². The van der Waals surface area contributed by atoms with Gasteiger partial charge in [0.05, 0.1) is 25.3 Å². The van der Waals surface area contributed by atoms with Gasteiger partial charge in [-0.25, -0.2) is 4.79 Å². The van der Waals surface area contributed by atoms with Crippen LogP contribution < -0.4 is 16.0 Å². The molecule has 17 heavy (non-hydrogen) atoms. The maximum Gasteiger partial charge on any atom is 0.321 e. The Balaban J connectivity index is 4.07. The van der Waals surface area contributed by atoms with E-state index in [4.69, 9.17) is 9.84 Å². The van der Waals surface area contributed by atoms with E-state index in [0.29, 0.717) is 6.54 Å². The van der Waals surface area contributed by atoms with E-state index >= 15 is 0 Å². The van der Waals surface area contributed by atoms with Crippen LogP contribution >= 0.6 is 0 Å². The summed E-state index contributed by atoms with van der Waals surface area (Å²) in [6.45, 7) is 3.95. The molecule has 0 aliphatic carbocycles. The van der Waals surface area contributed by atoms with E-state index in [9.17, 15) is 9.59 Å². The maximum atomic E-state index is 11.5. The van der Waals surface area contributed by atoms with Gasteiger partial charge < -0.3 is 15.2 Å². The second-order valence-corrected chi connectivity index (χ2v) is 3.57. The average molecular weight is 247 g/mol. The number of carbonyl (C=O) groups is 2. The number of hydrogen-bond acceptors (Lipinski definition) is 5. The third-order valence-corrected chi connectivity index (χ3v) is 2.04. The number of ether oxygens (including phenoxy) is 1. The van der Waals surface area contributed by atoms with Crippen molar-refractivity contribution in [1.82, 2.24) is 16.0 Å². The Morgan fingerprint density at radius 3 is 2.53 bits per heavy atom. The van der Waals surface area contributed by atoms with Crippen LogP contribution in [0.5, 0.6) is 0 Å².